The third-order valence-electron chi connectivity index (χ3n) is 4.74. The van der Waals surface area contributed by atoms with Crippen LogP contribution in [-0.2, 0) is 17.9 Å². The average molecular weight is 540 g/mol. The van der Waals surface area contributed by atoms with Gasteiger partial charge in [0.2, 0.25) is 0 Å². The lowest BCUT2D eigenvalue weighted by molar-refractivity contribution is 0.0384. The third kappa shape index (κ3) is 8.75. The van der Waals surface area contributed by atoms with Crippen LogP contribution in [0.25, 0.3) is 0 Å². The minimum Gasteiger partial charge on any atom is -0.490 e. The summed E-state index contributed by atoms with van der Waals surface area (Å²) in [4.78, 5) is 2.40. The highest BCUT2D eigenvalue weighted by Crippen LogP contribution is 2.37. The Hall–Kier alpha value is -1.09. The zero-order chi connectivity index (χ0) is 20.5. The summed E-state index contributed by atoms with van der Waals surface area (Å²) in [7, 11) is 0. The highest BCUT2D eigenvalue weighted by atomic mass is 79.9. The SMILES string of the molecule is CCOc1cc(CNCCN2CCOCC2)cc(Br)c1OCc1ccccc1F.Cl.Cl. The first-order valence-electron chi connectivity index (χ1n) is 9.99. The van der Waals surface area contributed by atoms with Gasteiger partial charge in [-0.25, -0.2) is 4.39 Å². The summed E-state index contributed by atoms with van der Waals surface area (Å²) in [5.74, 6) is 0.970. The van der Waals surface area contributed by atoms with E-state index in [0.29, 0.717) is 23.7 Å². The summed E-state index contributed by atoms with van der Waals surface area (Å²) in [5, 5.41) is 3.48. The Morgan fingerprint density at radius 1 is 1.13 bits per heavy atom. The standard InChI is InChI=1S/C22H28BrFN2O3.2ClH/c1-2-28-21-14-17(15-25-7-8-26-9-11-27-12-10-26)13-19(23)22(21)29-16-18-5-3-4-6-20(18)24;;/h3-6,13-14,25H,2,7-12,15-16H2,1H3;2*1H. The van der Waals surface area contributed by atoms with Gasteiger partial charge >= 0.3 is 0 Å². The smallest absolute Gasteiger partial charge is 0.175 e. The summed E-state index contributed by atoms with van der Waals surface area (Å²) in [6.07, 6.45) is 0. The van der Waals surface area contributed by atoms with E-state index in [0.717, 1.165) is 56.0 Å². The van der Waals surface area contributed by atoms with Gasteiger partial charge < -0.3 is 19.5 Å². The van der Waals surface area contributed by atoms with Crippen LogP contribution in [0.15, 0.2) is 40.9 Å². The first-order valence-corrected chi connectivity index (χ1v) is 10.8. The molecule has 1 fully saturated rings. The number of hydrogen-bond acceptors (Lipinski definition) is 5. The molecule has 1 heterocycles. The van der Waals surface area contributed by atoms with Crippen LogP contribution in [0.3, 0.4) is 0 Å². The molecular weight excluding hydrogens is 510 g/mol. The zero-order valence-corrected chi connectivity index (χ0v) is 20.8. The maximum absolute atomic E-state index is 13.9. The van der Waals surface area contributed by atoms with Crippen molar-refractivity contribution in [1.29, 1.82) is 0 Å². The van der Waals surface area contributed by atoms with Crippen LogP contribution < -0.4 is 14.8 Å². The molecule has 3 rings (SSSR count). The Kier molecular flexibility index (Phi) is 13.4. The van der Waals surface area contributed by atoms with Crippen LogP contribution in [0.2, 0.25) is 0 Å². The first-order chi connectivity index (χ1) is 14.2. The van der Waals surface area contributed by atoms with E-state index in [1.807, 2.05) is 19.1 Å². The van der Waals surface area contributed by atoms with Gasteiger partial charge in [0.15, 0.2) is 11.5 Å². The number of nitrogens with one attached hydrogen (secondary N) is 1. The molecule has 174 valence electrons. The summed E-state index contributed by atoms with van der Waals surface area (Å²) >= 11 is 3.58. The number of ether oxygens (including phenoxy) is 3. The molecule has 5 nitrogen and oxygen atoms in total. The summed E-state index contributed by atoms with van der Waals surface area (Å²) in [6.45, 7) is 8.88. The van der Waals surface area contributed by atoms with Crippen molar-refractivity contribution in [3.8, 4) is 11.5 Å². The summed E-state index contributed by atoms with van der Waals surface area (Å²) in [5.41, 5.74) is 1.61. The van der Waals surface area contributed by atoms with Crippen LogP contribution in [0.1, 0.15) is 18.1 Å². The van der Waals surface area contributed by atoms with Gasteiger partial charge in [0, 0.05) is 38.3 Å². The molecule has 0 atom stereocenters. The molecule has 0 spiro atoms. The number of halogens is 4. The minimum absolute atomic E-state index is 0. The van der Waals surface area contributed by atoms with E-state index in [4.69, 9.17) is 14.2 Å². The van der Waals surface area contributed by atoms with Crippen molar-refractivity contribution in [2.24, 2.45) is 0 Å². The van der Waals surface area contributed by atoms with Crippen molar-refractivity contribution in [1.82, 2.24) is 10.2 Å². The van der Waals surface area contributed by atoms with E-state index in [2.05, 4.69) is 26.1 Å². The first kappa shape index (κ1) is 27.9. The predicted octanol–water partition coefficient (Wildman–Crippen LogP) is 4.83. The van der Waals surface area contributed by atoms with Gasteiger partial charge in [-0.3, -0.25) is 4.90 Å². The molecule has 0 aliphatic carbocycles. The zero-order valence-electron chi connectivity index (χ0n) is 17.6. The molecule has 9 heteroatoms. The van der Waals surface area contributed by atoms with Crippen molar-refractivity contribution in [2.75, 3.05) is 46.0 Å². The lowest BCUT2D eigenvalue weighted by Gasteiger charge is -2.26. The minimum atomic E-state index is -0.275. The van der Waals surface area contributed by atoms with Gasteiger partial charge in [-0.2, -0.15) is 0 Å². The lowest BCUT2D eigenvalue weighted by atomic mass is 10.2. The summed E-state index contributed by atoms with van der Waals surface area (Å²) < 4.78 is 31.7. The Morgan fingerprint density at radius 3 is 2.58 bits per heavy atom. The number of nitrogens with zero attached hydrogens (tertiary/aromatic N) is 1. The molecule has 0 saturated carbocycles. The highest BCUT2D eigenvalue weighted by molar-refractivity contribution is 9.10. The number of morpholine rings is 1. The number of benzene rings is 2. The van der Waals surface area contributed by atoms with Crippen LogP contribution in [-0.4, -0.2) is 50.9 Å². The van der Waals surface area contributed by atoms with Gasteiger partial charge in [0.1, 0.15) is 12.4 Å². The van der Waals surface area contributed by atoms with Gasteiger partial charge in [-0.1, -0.05) is 18.2 Å². The fourth-order valence-corrected chi connectivity index (χ4v) is 3.79. The molecule has 2 aromatic carbocycles. The van der Waals surface area contributed by atoms with Crippen LogP contribution in [0, 0.1) is 5.82 Å². The second-order valence-corrected chi connectivity index (χ2v) is 7.70. The van der Waals surface area contributed by atoms with E-state index in [9.17, 15) is 4.39 Å². The van der Waals surface area contributed by atoms with Gasteiger partial charge in [0.25, 0.3) is 0 Å². The molecule has 1 saturated heterocycles. The third-order valence-corrected chi connectivity index (χ3v) is 5.33. The predicted molar refractivity (Wildman–Crippen MR) is 130 cm³/mol. The molecule has 2 aromatic rings. The monoisotopic (exact) mass is 538 g/mol. The number of rotatable bonds is 10. The molecule has 1 aliphatic rings. The van der Waals surface area contributed by atoms with Crippen molar-refractivity contribution in [2.45, 2.75) is 20.1 Å². The Labute approximate surface area is 204 Å². The maximum Gasteiger partial charge on any atom is 0.175 e. The normalized spacial score (nSPS) is 13.8. The number of hydrogen-bond donors (Lipinski definition) is 1. The fraction of sp³-hybridized carbons (Fsp3) is 0.455. The molecule has 31 heavy (non-hydrogen) atoms. The maximum atomic E-state index is 13.9. The Morgan fingerprint density at radius 2 is 1.87 bits per heavy atom. The van der Waals surface area contributed by atoms with Gasteiger partial charge in [0.05, 0.1) is 24.3 Å². The van der Waals surface area contributed by atoms with Crippen LogP contribution in [0.4, 0.5) is 4.39 Å². The second-order valence-electron chi connectivity index (χ2n) is 6.85. The second kappa shape index (κ2) is 14.9. The fourth-order valence-electron chi connectivity index (χ4n) is 3.19. The van der Waals surface area contributed by atoms with Crippen LogP contribution in [0.5, 0.6) is 11.5 Å². The average Bonchev–Trinajstić information content (AvgIpc) is 2.73. The molecule has 0 unspecified atom stereocenters. The van der Waals surface area contributed by atoms with Crippen molar-refractivity contribution < 1.29 is 18.6 Å². The van der Waals surface area contributed by atoms with E-state index >= 15 is 0 Å². The molecule has 0 amide bonds. The molecule has 1 aliphatic heterocycles. The van der Waals surface area contributed by atoms with Crippen molar-refractivity contribution in [3.05, 3.63) is 57.8 Å². The van der Waals surface area contributed by atoms with Crippen molar-refractivity contribution in [3.63, 3.8) is 0 Å². The van der Waals surface area contributed by atoms with E-state index in [-0.39, 0.29) is 37.2 Å². The summed E-state index contributed by atoms with van der Waals surface area (Å²) in [6, 6.07) is 10.6. The lowest BCUT2D eigenvalue weighted by Crippen LogP contribution is -2.40. The van der Waals surface area contributed by atoms with E-state index < -0.39 is 0 Å². The molecular formula is C22H30BrCl2FN2O3. The Balaban J connectivity index is 0.00000240. The Bertz CT molecular complexity index is 795. The largest absolute Gasteiger partial charge is 0.490 e. The quantitative estimate of drug-likeness (QED) is 0.438. The van der Waals surface area contributed by atoms with Crippen LogP contribution >= 0.6 is 40.7 Å². The molecule has 0 radical (unpaired) electrons. The van der Waals surface area contributed by atoms with Crippen molar-refractivity contribution >= 4 is 40.7 Å². The van der Waals surface area contributed by atoms with E-state index in [1.54, 1.807) is 18.2 Å². The van der Waals surface area contributed by atoms with Gasteiger partial charge in [-0.15, -0.1) is 24.8 Å². The van der Waals surface area contributed by atoms with E-state index in [1.165, 1.54) is 6.07 Å². The molecule has 0 bridgehead atoms. The molecule has 0 aromatic heterocycles. The topological polar surface area (TPSA) is 43.0 Å². The molecule has 1 N–H and O–H groups in total. The van der Waals surface area contributed by atoms with Gasteiger partial charge in [-0.05, 0) is 46.6 Å². The highest BCUT2D eigenvalue weighted by Gasteiger charge is 2.14.